The molecule has 0 spiro atoms. The normalized spacial score (nSPS) is 11.0. The summed E-state index contributed by atoms with van der Waals surface area (Å²) in [5.41, 5.74) is 15.9. The number of rotatable bonds is 7. The number of aryl methyl sites for hydroxylation is 1. The summed E-state index contributed by atoms with van der Waals surface area (Å²) in [6.45, 7) is 3.16. The van der Waals surface area contributed by atoms with Crippen molar-refractivity contribution in [3.63, 3.8) is 0 Å². The molecule has 0 bridgehead atoms. The van der Waals surface area contributed by atoms with E-state index in [1.165, 1.54) is 0 Å². The quantitative estimate of drug-likeness (QED) is 0.307. The first kappa shape index (κ1) is 21.0. The second kappa shape index (κ2) is 9.70. The van der Waals surface area contributed by atoms with Gasteiger partial charge in [0, 0.05) is 18.1 Å². The van der Waals surface area contributed by atoms with Crippen LogP contribution in [0.2, 0.25) is 0 Å². The topological polar surface area (TPSA) is 115 Å². The summed E-state index contributed by atoms with van der Waals surface area (Å²) in [6, 6.07) is 20.1. The largest absolute Gasteiger partial charge is 0.370 e. The van der Waals surface area contributed by atoms with Gasteiger partial charge in [0.1, 0.15) is 5.82 Å². The number of aliphatic imine (C=N–C) groups is 1. The van der Waals surface area contributed by atoms with Gasteiger partial charge in [0.05, 0.1) is 17.8 Å². The number of hydrogen-bond acceptors (Lipinski definition) is 5. The molecule has 2 aromatic heterocycles. The molecule has 7 heteroatoms. The van der Waals surface area contributed by atoms with Crippen molar-refractivity contribution in [1.82, 2.24) is 15.0 Å². The molecule has 0 saturated carbocycles. The monoisotopic (exact) mass is 423 g/mol. The Kier molecular flexibility index (Phi) is 6.36. The first-order chi connectivity index (χ1) is 15.6. The van der Waals surface area contributed by atoms with Crippen molar-refractivity contribution in [2.45, 2.75) is 20.0 Å². The van der Waals surface area contributed by atoms with Gasteiger partial charge in [0.2, 0.25) is 0 Å². The van der Waals surface area contributed by atoms with E-state index in [0.29, 0.717) is 18.9 Å². The number of pyridine rings is 1. The summed E-state index contributed by atoms with van der Waals surface area (Å²) >= 11 is 0. The Morgan fingerprint density at radius 2 is 1.78 bits per heavy atom. The highest BCUT2D eigenvalue weighted by Crippen LogP contribution is 2.23. The lowest BCUT2D eigenvalue weighted by Crippen LogP contribution is -2.22. The molecule has 4 aromatic rings. The van der Waals surface area contributed by atoms with Gasteiger partial charge < -0.3 is 16.8 Å². The second-order valence-corrected chi connectivity index (χ2v) is 7.45. The summed E-state index contributed by atoms with van der Waals surface area (Å²) < 4.78 is 0. The zero-order valence-electron chi connectivity index (χ0n) is 17.9. The lowest BCUT2D eigenvalue weighted by molar-refractivity contribution is 1.04. The lowest BCUT2D eigenvalue weighted by atomic mass is 10.1. The fraction of sp³-hybridized carbons (Fsp3) is 0.120. The fourth-order valence-electron chi connectivity index (χ4n) is 3.23. The van der Waals surface area contributed by atoms with Crippen LogP contribution in [0.15, 0.2) is 71.9 Å². The lowest BCUT2D eigenvalue weighted by Gasteiger charge is -2.11. The minimum atomic E-state index is 0.0922. The van der Waals surface area contributed by atoms with Gasteiger partial charge in [-0.2, -0.15) is 0 Å². The number of aromatic nitrogens is 3. The Labute approximate surface area is 187 Å². The highest BCUT2D eigenvalue weighted by Gasteiger charge is 2.07. The van der Waals surface area contributed by atoms with Crippen molar-refractivity contribution in [3.05, 3.63) is 95.1 Å². The van der Waals surface area contributed by atoms with Crippen LogP contribution < -0.4 is 16.8 Å². The Hall–Kier alpha value is -4.26. The molecule has 2 heterocycles. The fourth-order valence-corrected chi connectivity index (χ4v) is 3.23. The molecule has 0 aliphatic heterocycles. The van der Waals surface area contributed by atoms with Crippen LogP contribution in [0.3, 0.4) is 0 Å². The van der Waals surface area contributed by atoms with Gasteiger partial charge in [0.15, 0.2) is 11.8 Å². The van der Waals surface area contributed by atoms with Crippen LogP contribution >= 0.6 is 0 Å². The third-order valence-electron chi connectivity index (χ3n) is 4.89. The number of nitrogens with zero attached hydrogens (tertiary/aromatic N) is 4. The van der Waals surface area contributed by atoms with Crippen molar-refractivity contribution in [1.29, 1.82) is 0 Å². The molecule has 7 nitrogen and oxygen atoms in total. The van der Waals surface area contributed by atoms with Crippen LogP contribution in [0, 0.1) is 6.92 Å². The Morgan fingerprint density at radius 1 is 0.969 bits per heavy atom. The molecular formula is C25H25N7. The summed E-state index contributed by atoms with van der Waals surface area (Å²) in [5, 5.41) is 4.46. The van der Waals surface area contributed by atoms with Gasteiger partial charge in [-0.05, 0) is 54.5 Å². The molecule has 32 heavy (non-hydrogen) atoms. The van der Waals surface area contributed by atoms with Gasteiger partial charge in [0.25, 0.3) is 0 Å². The minimum absolute atomic E-state index is 0.0922. The van der Waals surface area contributed by atoms with Crippen molar-refractivity contribution in [2.75, 3.05) is 5.32 Å². The molecule has 4 rings (SSSR count). The number of guanidine groups is 1. The number of hydrogen-bond donors (Lipinski definition) is 3. The predicted molar refractivity (Wildman–Crippen MR) is 131 cm³/mol. The number of nitrogens with one attached hydrogen (secondary N) is 1. The average molecular weight is 424 g/mol. The molecule has 160 valence electrons. The summed E-state index contributed by atoms with van der Waals surface area (Å²) in [6.07, 6.45) is 5.55. The molecule has 0 aliphatic carbocycles. The number of fused-ring (bicyclic) bond motifs is 1. The maximum absolute atomic E-state index is 5.40. The molecule has 0 fully saturated rings. The molecule has 0 unspecified atom stereocenters. The highest BCUT2D eigenvalue weighted by molar-refractivity contribution is 5.90. The van der Waals surface area contributed by atoms with E-state index < -0.39 is 0 Å². The van der Waals surface area contributed by atoms with E-state index in [1.54, 1.807) is 6.20 Å². The van der Waals surface area contributed by atoms with E-state index in [9.17, 15) is 0 Å². The van der Waals surface area contributed by atoms with Crippen LogP contribution in [0.5, 0.6) is 0 Å². The first-order valence-electron chi connectivity index (χ1n) is 10.3. The van der Waals surface area contributed by atoms with Crippen LogP contribution in [-0.4, -0.2) is 20.9 Å². The molecule has 0 atom stereocenters. The Balaban J connectivity index is 1.57. The SMILES string of the molecule is Cc1ccc2nc(C=Cc3ccccn3)nc(NCc3ccc(CN=C(N)N)cc3)c2c1. The van der Waals surface area contributed by atoms with Gasteiger partial charge in [-0.1, -0.05) is 42.0 Å². The second-order valence-electron chi connectivity index (χ2n) is 7.45. The van der Waals surface area contributed by atoms with Gasteiger partial charge in [-0.3, -0.25) is 4.98 Å². The predicted octanol–water partition coefficient (Wildman–Crippen LogP) is 3.89. The molecular weight excluding hydrogens is 398 g/mol. The van der Waals surface area contributed by atoms with Crippen molar-refractivity contribution < 1.29 is 0 Å². The Morgan fingerprint density at radius 3 is 2.53 bits per heavy atom. The third-order valence-corrected chi connectivity index (χ3v) is 4.89. The van der Waals surface area contributed by atoms with Crippen molar-refractivity contribution in [2.24, 2.45) is 16.5 Å². The van der Waals surface area contributed by atoms with Crippen LogP contribution in [0.4, 0.5) is 5.82 Å². The van der Waals surface area contributed by atoms with E-state index in [4.69, 9.17) is 21.4 Å². The smallest absolute Gasteiger partial charge is 0.186 e. The van der Waals surface area contributed by atoms with E-state index in [1.807, 2.05) is 48.6 Å². The van der Waals surface area contributed by atoms with Crippen LogP contribution in [-0.2, 0) is 13.1 Å². The number of benzene rings is 2. The third kappa shape index (κ3) is 5.46. The highest BCUT2D eigenvalue weighted by atomic mass is 15.0. The summed E-state index contributed by atoms with van der Waals surface area (Å²) in [7, 11) is 0. The van der Waals surface area contributed by atoms with E-state index >= 15 is 0 Å². The number of nitrogens with two attached hydrogens (primary N) is 2. The summed E-state index contributed by atoms with van der Waals surface area (Å²) in [4.78, 5) is 17.8. The maximum atomic E-state index is 5.40. The molecule has 2 aromatic carbocycles. The van der Waals surface area contributed by atoms with Gasteiger partial charge in [-0.25, -0.2) is 15.0 Å². The van der Waals surface area contributed by atoms with E-state index in [-0.39, 0.29) is 5.96 Å². The standard InChI is InChI=1S/C25H25N7/c1-17-5-11-22-21(14-17)24(32-23(31-22)12-10-20-4-2-3-13-28-20)29-15-18-6-8-19(9-7-18)16-30-25(26)27/h2-14H,15-16H2,1H3,(H4,26,27,30)(H,29,31,32). The maximum Gasteiger partial charge on any atom is 0.186 e. The molecule has 0 saturated heterocycles. The van der Waals surface area contributed by atoms with Crippen LogP contribution in [0.1, 0.15) is 28.2 Å². The van der Waals surface area contributed by atoms with E-state index in [2.05, 4.69) is 46.5 Å². The van der Waals surface area contributed by atoms with E-state index in [0.717, 1.165) is 39.1 Å². The zero-order chi connectivity index (χ0) is 22.3. The Bertz CT molecular complexity index is 1260. The molecule has 0 radical (unpaired) electrons. The minimum Gasteiger partial charge on any atom is -0.370 e. The zero-order valence-corrected chi connectivity index (χ0v) is 17.9. The van der Waals surface area contributed by atoms with Crippen molar-refractivity contribution >= 4 is 34.8 Å². The average Bonchev–Trinajstić information content (AvgIpc) is 2.81. The molecule has 0 aliphatic rings. The molecule has 5 N–H and O–H groups in total. The summed E-state index contributed by atoms with van der Waals surface area (Å²) in [5.74, 6) is 1.51. The number of anilines is 1. The van der Waals surface area contributed by atoms with Gasteiger partial charge >= 0.3 is 0 Å². The van der Waals surface area contributed by atoms with Crippen molar-refractivity contribution in [3.8, 4) is 0 Å². The van der Waals surface area contributed by atoms with Crippen LogP contribution in [0.25, 0.3) is 23.1 Å². The molecule has 0 amide bonds. The first-order valence-corrected chi connectivity index (χ1v) is 10.3. The van der Waals surface area contributed by atoms with Gasteiger partial charge in [-0.15, -0.1) is 0 Å².